The molecule has 0 fully saturated rings. The van der Waals surface area contributed by atoms with Crippen molar-refractivity contribution in [2.24, 2.45) is 0 Å². The van der Waals surface area contributed by atoms with Gasteiger partial charge in [-0.15, -0.1) is 0 Å². The van der Waals surface area contributed by atoms with Crippen LogP contribution >= 0.6 is 0 Å². The summed E-state index contributed by atoms with van der Waals surface area (Å²) in [5.74, 6) is -0.341. The van der Waals surface area contributed by atoms with Gasteiger partial charge in [-0.3, -0.25) is 9.59 Å². The molecule has 0 unspecified atom stereocenters. The maximum Gasteiger partial charge on any atom is 0.416 e. The van der Waals surface area contributed by atoms with Gasteiger partial charge < -0.3 is 14.6 Å². The number of nitrogens with one attached hydrogen (secondary N) is 1. The Kier molecular flexibility index (Phi) is 6.43. The fourth-order valence-electron chi connectivity index (χ4n) is 2.22. The van der Waals surface area contributed by atoms with Crippen molar-refractivity contribution in [3.63, 3.8) is 0 Å². The van der Waals surface area contributed by atoms with Crippen LogP contribution in [0, 0.1) is 0 Å². The van der Waals surface area contributed by atoms with E-state index in [-0.39, 0.29) is 30.0 Å². The van der Waals surface area contributed by atoms with Crippen LogP contribution in [0.2, 0.25) is 0 Å². The zero-order valence-corrected chi connectivity index (χ0v) is 14.2. The lowest BCUT2D eigenvalue weighted by molar-refractivity contribution is -0.137. The van der Waals surface area contributed by atoms with Gasteiger partial charge in [0.1, 0.15) is 5.75 Å². The maximum atomic E-state index is 12.9. The molecule has 8 heteroatoms. The van der Waals surface area contributed by atoms with E-state index in [0.29, 0.717) is 13.0 Å². The first-order valence-electron chi connectivity index (χ1n) is 8.10. The van der Waals surface area contributed by atoms with E-state index in [9.17, 15) is 22.8 Å². The third kappa shape index (κ3) is 5.37. The average Bonchev–Trinajstić information content (AvgIpc) is 2.59. The molecule has 140 valence electrons. The highest BCUT2D eigenvalue weighted by Crippen LogP contribution is 2.35. The normalized spacial score (nSPS) is 11.2. The molecule has 0 spiro atoms. The number of hydrogen-bond acceptors (Lipinski definition) is 3. The Morgan fingerprint density at radius 1 is 1.23 bits per heavy atom. The van der Waals surface area contributed by atoms with Gasteiger partial charge in [0, 0.05) is 25.2 Å². The Balaban J connectivity index is 2.13. The van der Waals surface area contributed by atoms with Crippen LogP contribution in [0.15, 0.2) is 47.4 Å². The molecule has 2 rings (SSSR count). The Hall–Kier alpha value is -2.77. The van der Waals surface area contributed by atoms with Gasteiger partial charge in [-0.05, 0) is 30.7 Å². The molecular formula is C18H19F3N2O3. The van der Waals surface area contributed by atoms with E-state index in [1.807, 2.05) is 6.92 Å². The molecule has 1 amide bonds. The van der Waals surface area contributed by atoms with Gasteiger partial charge in [0.25, 0.3) is 5.56 Å². The molecule has 0 aliphatic heterocycles. The molecule has 1 heterocycles. The Labute approximate surface area is 148 Å². The predicted molar refractivity (Wildman–Crippen MR) is 91.2 cm³/mol. The molecule has 1 N–H and O–H groups in total. The molecule has 2 aromatic rings. The van der Waals surface area contributed by atoms with Crippen LogP contribution in [-0.2, 0) is 17.5 Å². The van der Waals surface area contributed by atoms with Gasteiger partial charge in [-0.25, -0.2) is 0 Å². The Bertz CT molecular complexity index is 816. The highest BCUT2D eigenvalue weighted by atomic mass is 19.4. The summed E-state index contributed by atoms with van der Waals surface area (Å²) in [6.45, 7) is 2.29. The highest BCUT2D eigenvalue weighted by molar-refractivity contribution is 5.92. The van der Waals surface area contributed by atoms with Crippen molar-refractivity contribution < 1.29 is 22.7 Å². The van der Waals surface area contributed by atoms with E-state index < -0.39 is 17.6 Å². The summed E-state index contributed by atoms with van der Waals surface area (Å²) in [4.78, 5) is 23.7. The van der Waals surface area contributed by atoms with Crippen LogP contribution in [0.3, 0.4) is 0 Å². The third-order valence-corrected chi connectivity index (χ3v) is 3.52. The molecule has 26 heavy (non-hydrogen) atoms. The summed E-state index contributed by atoms with van der Waals surface area (Å²) >= 11 is 0. The highest BCUT2D eigenvalue weighted by Gasteiger charge is 2.31. The largest absolute Gasteiger partial charge is 0.491 e. The number of rotatable bonds is 7. The lowest BCUT2D eigenvalue weighted by Crippen LogP contribution is -2.22. The molecule has 0 atom stereocenters. The van der Waals surface area contributed by atoms with Crippen LogP contribution in [0.25, 0.3) is 0 Å². The number of ether oxygens (including phenoxy) is 1. The predicted octanol–water partition coefficient (Wildman–Crippen LogP) is 3.68. The second kappa shape index (κ2) is 8.55. The monoisotopic (exact) mass is 368 g/mol. The molecule has 0 bridgehead atoms. The fraction of sp³-hybridized carbons (Fsp3) is 0.333. The van der Waals surface area contributed by atoms with Gasteiger partial charge in [-0.2, -0.15) is 13.2 Å². The van der Waals surface area contributed by atoms with Crippen LogP contribution in [0.1, 0.15) is 25.3 Å². The SMILES string of the molecule is CCCOc1ccc(C(F)(F)F)cc1NC(=O)CCn1ccccc1=O. The van der Waals surface area contributed by atoms with Gasteiger partial charge in [0.15, 0.2) is 0 Å². The first-order chi connectivity index (χ1) is 12.3. The number of alkyl halides is 3. The maximum absolute atomic E-state index is 12.9. The number of benzene rings is 1. The first-order valence-corrected chi connectivity index (χ1v) is 8.10. The molecule has 1 aromatic carbocycles. The average molecular weight is 368 g/mol. The van der Waals surface area contributed by atoms with Crippen LogP contribution in [0.4, 0.5) is 18.9 Å². The van der Waals surface area contributed by atoms with E-state index in [1.54, 1.807) is 12.1 Å². The second-order valence-electron chi connectivity index (χ2n) is 5.59. The Morgan fingerprint density at radius 3 is 2.65 bits per heavy atom. The summed E-state index contributed by atoms with van der Waals surface area (Å²) in [6, 6.07) is 7.54. The second-order valence-corrected chi connectivity index (χ2v) is 5.59. The van der Waals surface area contributed by atoms with Crippen molar-refractivity contribution in [1.82, 2.24) is 4.57 Å². The number of carbonyl (C=O) groups is 1. The van der Waals surface area contributed by atoms with Gasteiger partial charge in [0.2, 0.25) is 5.91 Å². The molecule has 0 radical (unpaired) electrons. The molecule has 0 saturated heterocycles. The Morgan fingerprint density at radius 2 is 2.00 bits per heavy atom. The fourth-order valence-corrected chi connectivity index (χ4v) is 2.22. The van der Waals surface area contributed by atoms with Crippen molar-refractivity contribution in [2.75, 3.05) is 11.9 Å². The lowest BCUT2D eigenvalue weighted by atomic mass is 10.1. The van der Waals surface area contributed by atoms with E-state index >= 15 is 0 Å². The number of carbonyl (C=O) groups excluding carboxylic acids is 1. The topological polar surface area (TPSA) is 60.3 Å². The van der Waals surface area contributed by atoms with Crippen molar-refractivity contribution in [1.29, 1.82) is 0 Å². The van der Waals surface area contributed by atoms with E-state index in [4.69, 9.17) is 4.74 Å². The van der Waals surface area contributed by atoms with E-state index in [2.05, 4.69) is 5.32 Å². The number of pyridine rings is 1. The van der Waals surface area contributed by atoms with Gasteiger partial charge in [0.05, 0.1) is 17.9 Å². The van der Waals surface area contributed by atoms with Crippen molar-refractivity contribution in [3.8, 4) is 5.75 Å². The molecular weight excluding hydrogens is 349 g/mol. The summed E-state index contributed by atoms with van der Waals surface area (Å²) in [5.41, 5.74) is -1.18. The van der Waals surface area contributed by atoms with Gasteiger partial charge >= 0.3 is 6.18 Å². The zero-order chi connectivity index (χ0) is 19.2. The van der Waals surface area contributed by atoms with Crippen molar-refractivity contribution in [3.05, 3.63) is 58.5 Å². The van der Waals surface area contributed by atoms with E-state index in [0.717, 1.165) is 12.1 Å². The van der Waals surface area contributed by atoms with Crippen LogP contribution in [-0.4, -0.2) is 17.1 Å². The third-order valence-electron chi connectivity index (χ3n) is 3.52. The van der Waals surface area contributed by atoms with Crippen molar-refractivity contribution >= 4 is 11.6 Å². The number of anilines is 1. The molecule has 0 saturated carbocycles. The van der Waals surface area contributed by atoms with Crippen molar-refractivity contribution in [2.45, 2.75) is 32.5 Å². The standard InChI is InChI=1S/C18H19F3N2O3/c1-2-11-26-15-7-6-13(18(19,20)21)12-14(15)22-16(24)8-10-23-9-4-3-5-17(23)25/h3-7,9,12H,2,8,10-11H2,1H3,(H,22,24). The van der Waals surface area contributed by atoms with E-state index in [1.165, 1.54) is 22.9 Å². The number of amides is 1. The number of aromatic nitrogens is 1. The lowest BCUT2D eigenvalue weighted by Gasteiger charge is -2.15. The summed E-state index contributed by atoms with van der Waals surface area (Å²) < 4.78 is 45.5. The molecule has 0 aliphatic carbocycles. The number of hydrogen-bond donors (Lipinski definition) is 1. The first kappa shape index (κ1) is 19.6. The summed E-state index contributed by atoms with van der Waals surface area (Å²) in [7, 11) is 0. The number of nitrogens with zero attached hydrogens (tertiary/aromatic N) is 1. The number of halogens is 3. The smallest absolute Gasteiger partial charge is 0.416 e. The number of aryl methyl sites for hydroxylation is 1. The summed E-state index contributed by atoms with van der Waals surface area (Å²) in [6.07, 6.45) is -2.38. The minimum atomic E-state index is -4.53. The van der Waals surface area contributed by atoms with Crippen LogP contribution in [0.5, 0.6) is 5.75 Å². The summed E-state index contributed by atoms with van der Waals surface area (Å²) in [5, 5.41) is 2.44. The van der Waals surface area contributed by atoms with Gasteiger partial charge in [-0.1, -0.05) is 13.0 Å². The van der Waals surface area contributed by atoms with Crippen LogP contribution < -0.4 is 15.6 Å². The quantitative estimate of drug-likeness (QED) is 0.811. The molecule has 0 aliphatic rings. The molecule has 5 nitrogen and oxygen atoms in total. The molecule has 1 aromatic heterocycles. The zero-order valence-electron chi connectivity index (χ0n) is 14.2. The minimum Gasteiger partial charge on any atom is -0.491 e. The minimum absolute atomic E-state index is 0.0429.